The molecule has 0 spiro atoms. The summed E-state index contributed by atoms with van der Waals surface area (Å²) >= 11 is 0. The van der Waals surface area contributed by atoms with E-state index in [1.807, 2.05) is 30.3 Å². The highest BCUT2D eigenvalue weighted by molar-refractivity contribution is 6.03. The van der Waals surface area contributed by atoms with Gasteiger partial charge in [0.2, 0.25) is 5.91 Å². The maximum atomic E-state index is 12.6. The summed E-state index contributed by atoms with van der Waals surface area (Å²) in [4.78, 5) is 38.9. The fourth-order valence-corrected chi connectivity index (χ4v) is 2.44. The summed E-state index contributed by atoms with van der Waals surface area (Å²) in [5.74, 6) is -0.733. The van der Waals surface area contributed by atoms with E-state index in [0.717, 1.165) is 10.5 Å². The molecule has 1 saturated heterocycles. The third kappa shape index (κ3) is 3.16. The van der Waals surface area contributed by atoms with Gasteiger partial charge in [0, 0.05) is 6.54 Å². The Morgan fingerprint density at radius 3 is 2.64 bits per heavy atom. The van der Waals surface area contributed by atoms with Gasteiger partial charge in [-0.1, -0.05) is 36.4 Å². The summed E-state index contributed by atoms with van der Waals surface area (Å²) in [6, 6.07) is 8.49. The quantitative estimate of drug-likeness (QED) is 0.792. The number of rotatable bonds is 4. The monoisotopic (exact) mass is 302 g/mol. The van der Waals surface area contributed by atoms with Crippen molar-refractivity contribution in [3.63, 3.8) is 0 Å². The van der Waals surface area contributed by atoms with E-state index in [2.05, 4.69) is 11.3 Å². The summed E-state index contributed by atoms with van der Waals surface area (Å²) in [5, 5.41) is 0. The molecule has 1 aliphatic heterocycles. The van der Waals surface area contributed by atoms with Crippen LogP contribution in [-0.4, -0.2) is 47.4 Å². The van der Waals surface area contributed by atoms with E-state index >= 15 is 0 Å². The average Bonchev–Trinajstić information content (AvgIpc) is 2.52. The van der Waals surface area contributed by atoms with Crippen LogP contribution in [0.15, 0.2) is 43.0 Å². The van der Waals surface area contributed by atoms with Crippen molar-refractivity contribution >= 4 is 17.9 Å². The lowest BCUT2D eigenvalue weighted by molar-refractivity contribution is -0.154. The smallest absolute Gasteiger partial charge is 0.417 e. The number of nitrogens with zero attached hydrogens (tertiary/aromatic N) is 2. The first-order chi connectivity index (χ1) is 10.6. The molecule has 1 aromatic carbocycles. The number of piperazine rings is 1. The topological polar surface area (TPSA) is 66.9 Å². The first-order valence-electron chi connectivity index (χ1n) is 6.92. The molecule has 22 heavy (non-hydrogen) atoms. The normalized spacial score (nSPS) is 18.3. The Bertz CT molecular complexity index is 585. The number of carbonyl (C=O) groups excluding carboxylic acids is 3. The number of carbonyl (C=O) groups is 3. The van der Waals surface area contributed by atoms with Crippen molar-refractivity contribution in [3.05, 3.63) is 48.6 Å². The van der Waals surface area contributed by atoms with Crippen molar-refractivity contribution in [2.45, 2.75) is 19.0 Å². The molecule has 1 heterocycles. The highest BCUT2D eigenvalue weighted by atomic mass is 16.5. The number of benzene rings is 1. The van der Waals surface area contributed by atoms with Crippen molar-refractivity contribution in [2.24, 2.45) is 0 Å². The Morgan fingerprint density at radius 2 is 2.05 bits per heavy atom. The van der Waals surface area contributed by atoms with E-state index in [1.54, 1.807) is 0 Å². The zero-order chi connectivity index (χ0) is 16.1. The van der Waals surface area contributed by atoms with Crippen LogP contribution in [0.3, 0.4) is 0 Å². The van der Waals surface area contributed by atoms with E-state index in [-0.39, 0.29) is 18.9 Å². The summed E-state index contributed by atoms with van der Waals surface area (Å²) < 4.78 is 4.60. The molecule has 3 amide bonds. The maximum Gasteiger partial charge on any atom is 0.417 e. The van der Waals surface area contributed by atoms with Crippen LogP contribution >= 0.6 is 0 Å². The van der Waals surface area contributed by atoms with Gasteiger partial charge in [0.1, 0.15) is 12.6 Å². The van der Waals surface area contributed by atoms with Gasteiger partial charge in [-0.15, -0.1) is 6.58 Å². The molecule has 0 bridgehead atoms. The molecular formula is C16H18N2O4. The minimum atomic E-state index is -0.894. The summed E-state index contributed by atoms with van der Waals surface area (Å²) in [6.07, 6.45) is 0.896. The zero-order valence-electron chi connectivity index (χ0n) is 12.4. The molecule has 6 heteroatoms. The Kier molecular flexibility index (Phi) is 4.93. The molecule has 0 aliphatic carbocycles. The Balaban J connectivity index is 2.22. The molecule has 2 rings (SSSR count). The SMILES string of the molecule is C=CC[C@@H]1C(=O)N(Cc2ccccc2)CC(=O)N1C(=O)OC. The first-order valence-corrected chi connectivity index (χ1v) is 6.92. The second-order valence-electron chi connectivity index (χ2n) is 4.95. The summed E-state index contributed by atoms with van der Waals surface area (Å²) in [5.41, 5.74) is 0.924. The van der Waals surface area contributed by atoms with Gasteiger partial charge in [0.05, 0.1) is 7.11 Å². The molecule has 6 nitrogen and oxygen atoms in total. The van der Waals surface area contributed by atoms with Crippen LogP contribution in [0.25, 0.3) is 0 Å². The van der Waals surface area contributed by atoms with E-state index in [9.17, 15) is 14.4 Å². The van der Waals surface area contributed by atoms with Crippen molar-refractivity contribution in [2.75, 3.05) is 13.7 Å². The molecule has 1 atom stereocenters. The second-order valence-corrected chi connectivity index (χ2v) is 4.95. The third-order valence-electron chi connectivity index (χ3n) is 3.48. The summed E-state index contributed by atoms with van der Waals surface area (Å²) in [6.45, 7) is 3.77. The highest BCUT2D eigenvalue weighted by Gasteiger charge is 2.42. The molecule has 0 aromatic heterocycles. The molecule has 0 saturated carbocycles. The molecule has 1 aromatic rings. The zero-order valence-corrected chi connectivity index (χ0v) is 12.4. The predicted molar refractivity (Wildman–Crippen MR) is 79.7 cm³/mol. The Morgan fingerprint density at radius 1 is 1.36 bits per heavy atom. The van der Waals surface area contributed by atoms with Gasteiger partial charge in [-0.3, -0.25) is 9.59 Å². The Labute approximate surface area is 129 Å². The van der Waals surface area contributed by atoms with Crippen LogP contribution in [0.4, 0.5) is 4.79 Å². The number of hydrogen-bond donors (Lipinski definition) is 0. The van der Waals surface area contributed by atoms with E-state index in [1.165, 1.54) is 18.1 Å². The van der Waals surface area contributed by atoms with Crippen LogP contribution < -0.4 is 0 Å². The van der Waals surface area contributed by atoms with Crippen LogP contribution in [0.1, 0.15) is 12.0 Å². The number of imide groups is 1. The van der Waals surface area contributed by atoms with Gasteiger partial charge >= 0.3 is 6.09 Å². The molecule has 1 fully saturated rings. The number of ether oxygens (including phenoxy) is 1. The lowest BCUT2D eigenvalue weighted by atomic mass is 10.1. The standard InChI is InChI=1S/C16H18N2O4/c1-3-7-13-15(20)17(10-12-8-5-4-6-9-12)11-14(19)18(13)16(21)22-2/h3-6,8-9,13H,1,7,10-11H2,2H3/t13-/m1/s1. The van der Waals surface area contributed by atoms with Crippen LogP contribution in [0, 0.1) is 0 Å². The molecule has 116 valence electrons. The van der Waals surface area contributed by atoms with Crippen LogP contribution in [0.5, 0.6) is 0 Å². The lowest BCUT2D eigenvalue weighted by Crippen LogP contribution is -2.61. The molecule has 0 radical (unpaired) electrons. The fraction of sp³-hybridized carbons (Fsp3) is 0.312. The molecule has 0 N–H and O–H groups in total. The van der Waals surface area contributed by atoms with Gasteiger partial charge in [0.25, 0.3) is 5.91 Å². The number of hydrogen-bond acceptors (Lipinski definition) is 4. The van der Waals surface area contributed by atoms with Crippen molar-refractivity contribution < 1.29 is 19.1 Å². The third-order valence-corrected chi connectivity index (χ3v) is 3.48. The maximum absolute atomic E-state index is 12.6. The second kappa shape index (κ2) is 6.89. The van der Waals surface area contributed by atoms with Gasteiger partial charge in [-0.2, -0.15) is 0 Å². The lowest BCUT2D eigenvalue weighted by Gasteiger charge is -2.37. The predicted octanol–water partition coefficient (Wildman–Crippen LogP) is 1.57. The first kappa shape index (κ1) is 15.8. The van der Waals surface area contributed by atoms with Gasteiger partial charge in [0.15, 0.2) is 0 Å². The summed E-state index contributed by atoms with van der Waals surface area (Å²) in [7, 11) is 1.18. The van der Waals surface area contributed by atoms with Gasteiger partial charge < -0.3 is 9.64 Å². The average molecular weight is 302 g/mol. The van der Waals surface area contributed by atoms with Gasteiger partial charge in [-0.05, 0) is 12.0 Å². The number of methoxy groups -OCH3 is 1. The minimum Gasteiger partial charge on any atom is -0.452 e. The van der Waals surface area contributed by atoms with Crippen molar-refractivity contribution in [1.82, 2.24) is 9.80 Å². The highest BCUT2D eigenvalue weighted by Crippen LogP contribution is 2.19. The fourth-order valence-electron chi connectivity index (χ4n) is 2.44. The van der Waals surface area contributed by atoms with Crippen molar-refractivity contribution in [1.29, 1.82) is 0 Å². The van der Waals surface area contributed by atoms with E-state index in [4.69, 9.17) is 0 Å². The molecule has 1 aliphatic rings. The van der Waals surface area contributed by atoms with Gasteiger partial charge in [-0.25, -0.2) is 9.69 Å². The molecule has 0 unspecified atom stereocenters. The Hall–Kier alpha value is -2.63. The molecular weight excluding hydrogens is 284 g/mol. The minimum absolute atomic E-state index is 0.142. The van der Waals surface area contributed by atoms with E-state index < -0.39 is 18.0 Å². The van der Waals surface area contributed by atoms with E-state index in [0.29, 0.717) is 6.54 Å². The largest absolute Gasteiger partial charge is 0.452 e. The van der Waals surface area contributed by atoms with Crippen LogP contribution in [-0.2, 0) is 20.9 Å². The van der Waals surface area contributed by atoms with Crippen LogP contribution in [0.2, 0.25) is 0 Å². The van der Waals surface area contributed by atoms with Crippen molar-refractivity contribution in [3.8, 4) is 0 Å². The number of amides is 3.